The Kier molecular flexibility index (Phi) is 2.33. The molecule has 2 rings (SSSR count). The fourth-order valence-electron chi connectivity index (χ4n) is 1.84. The highest BCUT2D eigenvalue weighted by Gasteiger charge is 2.25. The highest BCUT2D eigenvalue weighted by Crippen LogP contribution is 2.20. The topological polar surface area (TPSA) is 47.1 Å². The summed E-state index contributed by atoms with van der Waals surface area (Å²) in [6.07, 6.45) is 4.80. The lowest BCUT2D eigenvalue weighted by atomic mass is 10.1. The molecule has 1 aliphatic heterocycles. The second-order valence-corrected chi connectivity index (χ2v) is 3.66. The van der Waals surface area contributed by atoms with Crippen LogP contribution in [-0.4, -0.2) is 41.1 Å². The van der Waals surface area contributed by atoms with E-state index < -0.39 is 0 Å². The Morgan fingerprint density at radius 2 is 2.38 bits per heavy atom. The van der Waals surface area contributed by atoms with Gasteiger partial charge in [-0.3, -0.25) is 0 Å². The molecule has 1 aromatic rings. The van der Waals surface area contributed by atoms with Gasteiger partial charge in [-0.1, -0.05) is 0 Å². The van der Waals surface area contributed by atoms with E-state index in [-0.39, 0.29) is 0 Å². The van der Waals surface area contributed by atoms with E-state index in [4.69, 9.17) is 5.73 Å². The molecule has 0 bridgehead atoms. The van der Waals surface area contributed by atoms with Gasteiger partial charge in [0.25, 0.3) is 0 Å². The van der Waals surface area contributed by atoms with Crippen LogP contribution in [0.25, 0.3) is 0 Å². The predicted molar refractivity (Wildman–Crippen MR) is 51.5 cm³/mol. The van der Waals surface area contributed by atoms with E-state index in [1.165, 1.54) is 0 Å². The molecule has 13 heavy (non-hydrogen) atoms. The minimum Gasteiger partial charge on any atom is -0.330 e. The number of nitrogens with two attached hydrogens (primary N) is 1. The molecule has 0 amide bonds. The molecule has 2 heterocycles. The maximum atomic E-state index is 5.51. The van der Waals surface area contributed by atoms with Gasteiger partial charge in [-0.05, 0) is 13.6 Å². The third-order valence-electron chi connectivity index (χ3n) is 2.56. The highest BCUT2D eigenvalue weighted by atomic mass is 15.3. The fraction of sp³-hybridized carbons (Fsp3) is 0.667. The molecule has 1 saturated heterocycles. The molecule has 1 aromatic heterocycles. The molecule has 0 atom stereocenters. The number of rotatable bonds is 3. The van der Waals surface area contributed by atoms with Gasteiger partial charge in [0.1, 0.15) is 5.82 Å². The van der Waals surface area contributed by atoms with Gasteiger partial charge >= 0.3 is 0 Å². The molecule has 4 nitrogen and oxygen atoms in total. The number of likely N-dealkylation sites (N-methyl/N-ethyl adjacent to an activating group) is 1. The average molecular weight is 180 g/mol. The van der Waals surface area contributed by atoms with E-state index in [2.05, 4.69) is 27.7 Å². The van der Waals surface area contributed by atoms with Crippen molar-refractivity contribution in [3.05, 3.63) is 18.2 Å². The number of hydrogen-bond acceptors (Lipinski definition) is 3. The molecule has 0 saturated carbocycles. The van der Waals surface area contributed by atoms with Crippen LogP contribution >= 0.6 is 0 Å². The van der Waals surface area contributed by atoms with Crippen LogP contribution in [0.15, 0.2) is 12.4 Å². The summed E-state index contributed by atoms with van der Waals surface area (Å²) in [5.74, 6) is 1.13. The van der Waals surface area contributed by atoms with Crippen molar-refractivity contribution >= 4 is 0 Å². The van der Waals surface area contributed by atoms with E-state index in [0.29, 0.717) is 12.6 Å². The summed E-state index contributed by atoms with van der Waals surface area (Å²) >= 11 is 0. The molecule has 2 N–H and O–H groups in total. The Morgan fingerprint density at radius 1 is 1.62 bits per heavy atom. The Balaban J connectivity index is 2.06. The van der Waals surface area contributed by atoms with E-state index in [0.717, 1.165) is 25.3 Å². The van der Waals surface area contributed by atoms with Gasteiger partial charge in [0.05, 0.1) is 6.04 Å². The van der Waals surface area contributed by atoms with Crippen LogP contribution in [0.5, 0.6) is 0 Å². The fourth-order valence-corrected chi connectivity index (χ4v) is 1.84. The van der Waals surface area contributed by atoms with Crippen LogP contribution in [0.4, 0.5) is 0 Å². The summed E-state index contributed by atoms with van der Waals surface area (Å²) in [5.41, 5.74) is 5.51. The normalized spacial score (nSPS) is 18.9. The number of hydrogen-bond donors (Lipinski definition) is 1. The monoisotopic (exact) mass is 180 g/mol. The van der Waals surface area contributed by atoms with Gasteiger partial charge in [-0.25, -0.2) is 4.98 Å². The van der Waals surface area contributed by atoms with Crippen LogP contribution < -0.4 is 5.73 Å². The lowest BCUT2D eigenvalue weighted by Gasteiger charge is -2.37. The predicted octanol–water partition coefficient (Wildman–Crippen LogP) is -0.129. The molecule has 1 fully saturated rings. The van der Waals surface area contributed by atoms with Gasteiger partial charge in [-0.15, -0.1) is 0 Å². The Hall–Kier alpha value is -0.870. The number of likely N-dealkylation sites (tertiary alicyclic amines) is 1. The number of nitrogens with zero attached hydrogens (tertiary/aromatic N) is 3. The minimum atomic E-state index is 0.619. The van der Waals surface area contributed by atoms with Gasteiger partial charge in [0.15, 0.2) is 0 Å². The molecular weight excluding hydrogens is 164 g/mol. The Bertz CT molecular complexity index is 275. The van der Waals surface area contributed by atoms with E-state index in [9.17, 15) is 0 Å². The van der Waals surface area contributed by atoms with Crippen molar-refractivity contribution < 1.29 is 0 Å². The largest absolute Gasteiger partial charge is 0.330 e. The van der Waals surface area contributed by atoms with Crippen molar-refractivity contribution in [3.8, 4) is 0 Å². The second-order valence-electron chi connectivity index (χ2n) is 3.66. The maximum Gasteiger partial charge on any atom is 0.110 e. The van der Waals surface area contributed by atoms with Crippen molar-refractivity contribution in [3.63, 3.8) is 0 Å². The summed E-state index contributed by atoms with van der Waals surface area (Å²) in [6, 6.07) is 0.619. The molecule has 1 aliphatic rings. The molecule has 0 unspecified atom stereocenters. The lowest BCUT2D eigenvalue weighted by molar-refractivity contribution is 0.138. The van der Waals surface area contributed by atoms with Gasteiger partial charge in [-0.2, -0.15) is 0 Å². The van der Waals surface area contributed by atoms with Crippen molar-refractivity contribution in [2.75, 3.05) is 26.7 Å². The first-order valence-electron chi connectivity index (χ1n) is 4.71. The highest BCUT2D eigenvalue weighted by molar-refractivity contribution is 4.99. The lowest BCUT2D eigenvalue weighted by Crippen LogP contribution is -2.45. The zero-order valence-electron chi connectivity index (χ0n) is 7.98. The molecule has 0 aliphatic carbocycles. The molecule has 0 aromatic carbocycles. The second kappa shape index (κ2) is 3.47. The van der Waals surface area contributed by atoms with E-state index in [1.807, 2.05) is 6.20 Å². The maximum absolute atomic E-state index is 5.51. The summed E-state index contributed by atoms with van der Waals surface area (Å²) in [6.45, 7) is 2.95. The third-order valence-corrected chi connectivity index (χ3v) is 2.56. The molecule has 72 valence electrons. The molecule has 4 heteroatoms. The van der Waals surface area contributed by atoms with Crippen LogP contribution in [0.3, 0.4) is 0 Å². The van der Waals surface area contributed by atoms with Crippen LogP contribution in [0, 0.1) is 0 Å². The Morgan fingerprint density at radius 3 is 3.00 bits per heavy atom. The van der Waals surface area contributed by atoms with E-state index in [1.54, 1.807) is 0 Å². The number of imidazole rings is 1. The quantitative estimate of drug-likeness (QED) is 0.705. The summed E-state index contributed by atoms with van der Waals surface area (Å²) < 4.78 is 2.26. The molecular formula is C9H16N4. The first kappa shape index (κ1) is 8.72. The Labute approximate surface area is 78.4 Å². The van der Waals surface area contributed by atoms with Gasteiger partial charge < -0.3 is 15.2 Å². The third kappa shape index (κ3) is 1.59. The molecule has 0 radical (unpaired) electrons. The van der Waals surface area contributed by atoms with Gasteiger partial charge in [0, 0.05) is 31.9 Å². The molecule has 0 spiro atoms. The summed E-state index contributed by atoms with van der Waals surface area (Å²) in [4.78, 5) is 6.60. The SMILES string of the molecule is CN1CC(n2ccnc2CCN)C1. The first-order chi connectivity index (χ1) is 6.31. The minimum absolute atomic E-state index is 0.619. The standard InChI is InChI=1S/C9H16N4/c1-12-6-8(7-12)13-5-4-11-9(13)2-3-10/h4-5,8H,2-3,6-7,10H2,1H3. The smallest absolute Gasteiger partial charge is 0.110 e. The van der Waals surface area contributed by atoms with Crippen LogP contribution in [0.2, 0.25) is 0 Å². The average Bonchev–Trinajstić information content (AvgIpc) is 2.48. The van der Waals surface area contributed by atoms with Crippen LogP contribution in [-0.2, 0) is 6.42 Å². The van der Waals surface area contributed by atoms with Crippen molar-refractivity contribution in [2.24, 2.45) is 5.73 Å². The first-order valence-corrected chi connectivity index (χ1v) is 4.71. The van der Waals surface area contributed by atoms with Crippen LogP contribution in [0.1, 0.15) is 11.9 Å². The summed E-state index contributed by atoms with van der Waals surface area (Å²) in [7, 11) is 2.13. The van der Waals surface area contributed by atoms with Gasteiger partial charge in [0.2, 0.25) is 0 Å². The zero-order chi connectivity index (χ0) is 9.26. The van der Waals surface area contributed by atoms with Crippen molar-refractivity contribution in [1.29, 1.82) is 0 Å². The van der Waals surface area contributed by atoms with Crippen molar-refractivity contribution in [1.82, 2.24) is 14.5 Å². The number of aromatic nitrogens is 2. The summed E-state index contributed by atoms with van der Waals surface area (Å²) in [5, 5.41) is 0. The van der Waals surface area contributed by atoms with Crippen molar-refractivity contribution in [2.45, 2.75) is 12.5 Å². The van der Waals surface area contributed by atoms with E-state index >= 15 is 0 Å². The zero-order valence-corrected chi connectivity index (χ0v) is 7.98.